The number of methoxy groups -OCH3 is 1. The van der Waals surface area contributed by atoms with Gasteiger partial charge in [0.25, 0.3) is 0 Å². The van der Waals surface area contributed by atoms with Crippen LogP contribution in [0.4, 0.5) is 0 Å². The number of nitrogens with one attached hydrogen (secondary N) is 1. The molecule has 2 N–H and O–H groups in total. The molecule has 5 nitrogen and oxygen atoms in total. The predicted octanol–water partition coefficient (Wildman–Crippen LogP) is 0.638. The molecule has 5 heteroatoms. The van der Waals surface area contributed by atoms with Crippen LogP contribution in [-0.2, 0) is 14.3 Å². The number of ether oxygens (including phenoxy) is 1. The fourth-order valence-electron chi connectivity index (χ4n) is 1.66. The minimum atomic E-state index is -0.974. The second-order valence-corrected chi connectivity index (χ2v) is 4.35. The number of carbonyl (C=O) groups excluding carboxylic acids is 1. The van der Waals surface area contributed by atoms with E-state index in [-0.39, 0.29) is 11.8 Å². The summed E-state index contributed by atoms with van der Waals surface area (Å²) in [6, 6.07) is -0.782. The maximum atomic E-state index is 11.6. The highest BCUT2D eigenvalue weighted by Crippen LogP contribution is 2.37. The van der Waals surface area contributed by atoms with E-state index in [2.05, 4.69) is 5.32 Å². The van der Waals surface area contributed by atoms with E-state index >= 15 is 0 Å². The Balaban J connectivity index is 2.32. The molecule has 3 unspecified atom stereocenters. The first-order chi connectivity index (χ1) is 7.56. The van der Waals surface area contributed by atoms with Crippen LogP contribution >= 0.6 is 0 Å². The number of carbonyl (C=O) groups is 2. The summed E-state index contributed by atoms with van der Waals surface area (Å²) in [4.78, 5) is 22.5. The lowest BCUT2D eigenvalue weighted by Gasteiger charge is -2.14. The Morgan fingerprint density at radius 2 is 2.19 bits per heavy atom. The Kier molecular flexibility index (Phi) is 4.73. The fraction of sp³-hybridized carbons (Fsp3) is 0.818. The highest BCUT2D eigenvalue weighted by molar-refractivity contribution is 5.86. The van der Waals surface area contributed by atoms with Gasteiger partial charge in [0.1, 0.15) is 6.04 Å². The minimum Gasteiger partial charge on any atom is -0.480 e. The SMILES string of the molecule is COCCCC(NC(=O)C1CC1C)C(=O)O. The zero-order valence-electron chi connectivity index (χ0n) is 9.73. The summed E-state index contributed by atoms with van der Waals surface area (Å²) < 4.78 is 4.85. The van der Waals surface area contributed by atoms with Crippen LogP contribution in [0.3, 0.4) is 0 Å². The Morgan fingerprint density at radius 3 is 2.62 bits per heavy atom. The fourth-order valence-corrected chi connectivity index (χ4v) is 1.66. The number of rotatable bonds is 7. The van der Waals surface area contributed by atoms with Crippen molar-refractivity contribution < 1.29 is 19.4 Å². The maximum Gasteiger partial charge on any atom is 0.326 e. The van der Waals surface area contributed by atoms with Gasteiger partial charge in [-0.3, -0.25) is 4.79 Å². The van der Waals surface area contributed by atoms with Gasteiger partial charge in [-0.05, 0) is 25.2 Å². The molecule has 1 aliphatic rings. The summed E-state index contributed by atoms with van der Waals surface area (Å²) >= 11 is 0. The third-order valence-corrected chi connectivity index (χ3v) is 2.90. The molecule has 0 spiro atoms. The number of hydrogen-bond acceptors (Lipinski definition) is 3. The van der Waals surface area contributed by atoms with Crippen LogP contribution in [0.25, 0.3) is 0 Å². The van der Waals surface area contributed by atoms with Crippen LogP contribution in [0.2, 0.25) is 0 Å². The zero-order chi connectivity index (χ0) is 12.1. The Morgan fingerprint density at radius 1 is 1.56 bits per heavy atom. The van der Waals surface area contributed by atoms with Crippen LogP contribution in [-0.4, -0.2) is 36.7 Å². The molecule has 1 aliphatic carbocycles. The van der Waals surface area contributed by atoms with Gasteiger partial charge in [-0.25, -0.2) is 4.79 Å². The molecule has 16 heavy (non-hydrogen) atoms. The standard InChI is InChI=1S/C11H19NO4/c1-7-6-8(7)10(13)12-9(11(14)15)4-3-5-16-2/h7-9H,3-6H2,1-2H3,(H,12,13)(H,14,15). The Labute approximate surface area is 95.2 Å². The van der Waals surface area contributed by atoms with Crippen molar-refractivity contribution in [3.63, 3.8) is 0 Å². The van der Waals surface area contributed by atoms with Gasteiger partial charge >= 0.3 is 5.97 Å². The summed E-state index contributed by atoms with van der Waals surface area (Å²) in [5.41, 5.74) is 0. The lowest BCUT2D eigenvalue weighted by Crippen LogP contribution is -2.41. The highest BCUT2D eigenvalue weighted by atomic mass is 16.5. The first-order valence-corrected chi connectivity index (χ1v) is 5.58. The van der Waals surface area contributed by atoms with Gasteiger partial charge in [0.05, 0.1) is 0 Å². The minimum absolute atomic E-state index is 0.0178. The number of amides is 1. The third kappa shape index (κ3) is 3.81. The van der Waals surface area contributed by atoms with Crippen LogP contribution in [0.1, 0.15) is 26.2 Å². The molecule has 1 fully saturated rings. The van der Waals surface area contributed by atoms with Crippen molar-refractivity contribution in [1.82, 2.24) is 5.32 Å². The van der Waals surface area contributed by atoms with Crippen molar-refractivity contribution in [1.29, 1.82) is 0 Å². The topological polar surface area (TPSA) is 75.6 Å². The molecule has 3 atom stereocenters. The maximum absolute atomic E-state index is 11.6. The van der Waals surface area contributed by atoms with Crippen LogP contribution in [0.15, 0.2) is 0 Å². The summed E-state index contributed by atoms with van der Waals surface area (Å²) in [7, 11) is 1.57. The zero-order valence-corrected chi connectivity index (χ0v) is 9.73. The number of aliphatic carboxylic acids is 1. The van der Waals surface area contributed by atoms with Crippen molar-refractivity contribution >= 4 is 11.9 Å². The quantitative estimate of drug-likeness (QED) is 0.628. The number of carboxylic acid groups (broad SMARTS) is 1. The predicted molar refractivity (Wildman–Crippen MR) is 57.9 cm³/mol. The monoisotopic (exact) mass is 229 g/mol. The number of carboxylic acids is 1. The molecular formula is C11H19NO4. The van der Waals surface area contributed by atoms with E-state index in [4.69, 9.17) is 9.84 Å². The van der Waals surface area contributed by atoms with E-state index in [9.17, 15) is 9.59 Å². The average molecular weight is 229 g/mol. The molecule has 0 saturated heterocycles. The van der Waals surface area contributed by atoms with E-state index in [1.54, 1.807) is 7.11 Å². The molecule has 1 saturated carbocycles. The normalized spacial score (nSPS) is 24.9. The average Bonchev–Trinajstić information content (AvgIpc) is 2.94. The van der Waals surface area contributed by atoms with Gasteiger partial charge in [0.2, 0.25) is 5.91 Å². The molecule has 0 radical (unpaired) electrons. The van der Waals surface area contributed by atoms with Crippen LogP contribution in [0.5, 0.6) is 0 Å². The molecule has 0 aromatic heterocycles. The molecule has 0 aliphatic heterocycles. The summed E-state index contributed by atoms with van der Waals surface area (Å²) in [6.07, 6.45) is 1.92. The van der Waals surface area contributed by atoms with Gasteiger partial charge in [-0.1, -0.05) is 6.92 Å². The Bertz CT molecular complexity index is 267. The van der Waals surface area contributed by atoms with Crippen LogP contribution in [0, 0.1) is 11.8 Å². The molecule has 0 aromatic carbocycles. The molecule has 0 aromatic rings. The van der Waals surface area contributed by atoms with Gasteiger partial charge in [0, 0.05) is 19.6 Å². The smallest absolute Gasteiger partial charge is 0.326 e. The van der Waals surface area contributed by atoms with Crippen molar-refractivity contribution in [3.05, 3.63) is 0 Å². The van der Waals surface area contributed by atoms with Crippen LogP contribution < -0.4 is 5.32 Å². The van der Waals surface area contributed by atoms with E-state index < -0.39 is 12.0 Å². The van der Waals surface area contributed by atoms with Crippen molar-refractivity contribution in [2.45, 2.75) is 32.2 Å². The van der Waals surface area contributed by atoms with Gasteiger partial charge in [-0.15, -0.1) is 0 Å². The molecule has 1 rings (SSSR count). The second-order valence-electron chi connectivity index (χ2n) is 4.35. The van der Waals surface area contributed by atoms with Crippen molar-refractivity contribution in [2.24, 2.45) is 11.8 Å². The third-order valence-electron chi connectivity index (χ3n) is 2.90. The van der Waals surface area contributed by atoms with E-state index in [0.29, 0.717) is 25.4 Å². The van der Waals surface area contributed by atoms with Gasteiger partial charge in [0.15, 0.2) is 0 Å². The molecule has 1 amide bonds. The van der Waals surface area contributed by atoms with Gasteiger partial charge in [-0.2, -0.15) is 0 Å². The Hall–Kier alpha value is -1.10. The molecule has 92 valence electrons. The molecule has 0 heterocycles. The molecular weight excluding hydrogens is 210 g/mol. The molecule has 0 bridgehead atoms. The summed E-state index contributed by atoms with van der Waals surface area (Å²) in [5.74, 6) is -0.687. The summed E-state index contributed by atoms with van der Waals surface area (Å²) in [6.45, 7) is 2.50. The van der Waals surface area contributed by atoms with Crippen molar-refractivity contribution in [3.8, 4) is 0 Å². The first-order valence-electron chi connectivity index (χ1n) is 5.58. The number of hydrogen-bond donors (Lipinski definition) is 2. The lowest BCUT2D eigenvalue weighted by atomic mass is 10.1. The highest BCUT2D eigenvalue weighted by Gasteiger charge is 2.40. The van der Waals surface area contributed by atoms with E-state index in [1.807, 2.05) is 6.92 Å². The van der Waals surface area contributed by atoms with Crippen molar-refractivity contribution in [2.75, 3.05) is 13.7 Å². The lowest BCUT2D eigenvalue weighted by molar-refractivity contribution is -0.142. The summed E-state index contributed by atoms with van der Waals surface area (Å²) in [5, 5.41) is 11.5. The van der Waals surface area contributed by atoms with E-state index in [0.717, 1.165) is 6.42 Å². The second kappa shape index (κ2) is 5.84. The first kappa shape index (κ1) is 13.0. The largest absolute Gasteiger partial charge is 0.480 e. The van der Waals surface area contributed by atoms with Gasteiger partial charge < -0.3 is 15.2 Å². The van der Waals surface area contributed by atoms with E-state index in [1.165, 1.54) is 0 Å².